The minimum atomic E-state index is -2.92. The molecule has 2 rings (SSSR count). The highest BCUT2D eigenvalue weighted by molar-refractivity contribution is 5.90. The summed E-state index contributed by atoms with van der Waals surface area (Å²) in [7, 11) is 0. The summed E-state index contributed by atoms with van der Waals surface area (Å²) in [5.41, 5.74) is 0.315. The van der Waals surface area contributed by atoms with E-state index < -0.39 is 18.6 Å². The topological polar surface area (TPSA) is 85.5 Å². The average molecular weight is 324 g/mol. The van der Waals surface area contributed by atoms with Gasteiger partial charge in [-0.15, -0.1) is 0 Å². The molecule has 0 aliphatic heterocycles. The fourth-order valence-corrected chi connectivity index (χ4v) is 1.87. The number of alkyl halides is 2. The van der Waals surface area contributed by atoms with Gasteiger partial charge in [0.2, 0.25) is 0 Å². The van der Waals surface area contributed by atoms with E-state index in [-0.39, 0.29) is 18.0 Å². The lowest BCUT2D eigenvalue weighted by Gasteiger charge is -2.13. The number of carbonyl (C=O) groups excluding carboxylic acids is 1. The number of nitrogens with zero attached hydrogens (tertiary/aromatic N) is 1. The van der Waals surface area contributed by atoms with Crippen molar-refractivity contribution in [1.29, 1.82) is 0 Å². The summed E-state index contributed by atoms with van der Waals surface area (Å²) >= 11 is 0. The van der Waals surface area contributed by atoms with Gasteiger partial charge in [0, 0.05) is 18.7 Å². The Kier molecular flexibility index (Phi) is 5.42. The maximum absolute atomic E-state index is 12.0. The summed E-state index contributed by atoms with van der Waals surface area (Å²) in [6, 6.07) is 9.77. The first-order valence-electron chi connectivity index (χ1n) is 6.66. The van der Waals surface area contributed by atoms with Gasteiger partial charge in [-0.05, 0) is 23.8 Å². The molecular weight excluding hydrogens is 310 g/mol. The van der Waals surface area contributed by atoms with Crippen LogP contribution in [0.3, 0.4) is 0 Å². The number of hydrogen-bond acceptors (Lipinski definition) is 4. The van der Waals surface area contributed by atoms with E-state index in [4.69, 9.17) is 0 Å². The number of rotatable bonds is 6. The van der Waals surface area contributed by atoms with Gasteiger partial charge in [0.05, 0.1) is 6.10 Å². The van der Waals surface area contributed by atoms with Crippen LogP contribution in [0, 0.1) is 5.21 Å². The molecule has 1 atom stereocenters. The van der Waals surface area contributed by atoms with E-state index in [0.717, 1.165) is 0 Å². The zero-order chi connectivity index (χ0) is 16.8. The van der Waals surface area contributed by atoms with Crippen molar-refractivity contribution in [2.24, 2.45) is 0 Å². The molecule has 8 heteroatoms. The van der Waals surface area contributed by atoms with Crippen molar-refractivity contribution in [3.63, 3.8) is 0 Å². The molecule has 0 fully saturated rings. The number of pyridine rings is 1. The second-order valence-electron chi connectivity index (χ2n) is 4.59. The molecule has 2 aromatic rings. The van der Waals surface area contributed by atoms with E-state index in [2.05, 4.69) is 10.1 Å². The second-order valence-corrected chi connectivity index (χ2v) is 4.59. The third kappa shape index (κ3) is 4.62. The number of hydrogen-bond donors (Lipinski definition) is 2. The van der Waals surface area contributed by atoms with Crippen molar-refractivity contribution < 1.29 is 28.1 Å². The fraction of sp³-hybridized carbons (Fsp3) is 0.200. The van der Waals surface area contributed by atoms with E-state index in [0.29, 0.717) is 10.3 Å². The number of carbonyl (C=O) groups is 1. The molecule has 0 saturated carbocycles. The summed E-state index contributed by atoms with van der Waals surface area (Å²) in [6.07, 6.45) is 0.135. The second kappa shape index (κ2) is 7.50. The van der Waals surface area contributed by atoms with Crippen LogP contribution in [0.15, 0.2) is 48.7 Å². The van der Waals surface area contributed by atoms with Crippen LogP contribution in [0.2, 0.25) is 0 Å². The van der Waals surface area contributed by atoms with E-state index >= 15 is 0 Å². The van der Waals surface area contributed by atoms with Crippen molar-refractivity contribution in [3.05, 3.63) is 65.1 Å². The summed E-state index contributed by atoms with van der Waals surface area (Å²) in [5.74, 6) is -0.658. The zero-order valence-corrected chi connectivity index (χ0v) is 11.9. The number of ether oxygens (including phenoxy) is 1. The van der Waals surface area contributed by atoms with Gasteiger partial charge < -0.3 is 20.4 Å². The van der Waals surface area contributed by atoms with E-state index in [9.17, 15) is 23.9 Å². The summed E-state index contributed by atoms with van der Waals surface area (Å²) in [5, 5.41) is 23.8. The first-order valence-corrected chi connectivity index (χ1v) is 6.66. The lowest BCUT2D eigenvalue weighted by Crippen LogP contribution is -2.40. The van der Waals surface area contributed by atoms with Crippen LogP contribution in [-0.4, -0.2) is 24.2 Å². The van der Waals surface area contributed by atoms with Gasteiger partial charge in [0.1, 0.15) is 5.75 Å². The number of benzene rings is 1. The summed E-state index contributed by atoms with van der Waals surface area (Å²) in [6.45, 7) is -3.06. The molecule has 1 aromatic carbocycles. The molecule has 1 heterocycles. The van der Waals surface area contributed by atoms with Crippen LogP contribution in [0.5, 0.6) is 5.75 Å². The van der Waals surface area contributed by atoms with Gasteiger partial charge in [0.25, 0.3) is 5.69 Å². The number of aliphatic hydroxyl groups excluding tert-OH is 1. The molecule has 0 radical (unpaired) electrons. The molecule has 1 unspecified atom stereocenters. The first kappa shape index (κ1) is 16.6. The van der Waals surface area contributed by atoms with E-state index in [1.165, 1.54) is 42.6 Å². The minimum absolute atomic E-state index is 0.0309. The highest BCUT2D eigenvalue weighted by Gasteiger charge is 2.17. The maximum atomic E-state index is 12.0. The Morgan fingerprint density at radius 1 is 1.26 bits per heavy atom. The van der Waals surface area contributed by atoms with E-state index in [1.807, 2.05) is 0 Å². The lowest BCUT2D eigenvalue weighted by atomic mass is 10.1. The Morgan fingerprint density at radius 2 is 1.96 bits per heavy atom. The van der Waals surface area contributed by atoms with Crippen molar-refractivity contribution >= 4 is 5.91 Å². The Hall–Kier alpha value is -2.74. The largest absolute Gasteiger partial charge is 0.618 e. The number of halogens is 2. The normalized spacial score (nSPS) is 12.0. The maximum Gasteiger partial charge on any atom is 0.387 e. The van der Waals surface area contributed by atoms with Gasteiger partial charge in [-0.25, -0.2) is 0 Å². The van der Waals surface area contributed by atoms with Gasteiger partial charge in [-0.3, -0.25) is 4.79 Å². The molecule has 2 N–H and O–H groups in total. The monoisotopic (exact) mass is 324 g/mol. The predicted molar refractivity (Wildman–Crippen MR) is 75.8 cm³/mol. The van der Waals surface area contributed by atoms with Crippen LogP contribution in [0.4, 0.5) is 8.78 Å². The molecule has 0 saturated heterocycles. The average Bonchev–Trinajstić information content (AvgIpc) is 2.53. The molecule has 23 heavy (non-hydrogen) atoms. The highest BCUT2D eigenvalue weighted by atomic mass is 19.3. The van der Waals surface area contributed by atoms with Gasteiger partial charge >= 0.3 is 12.5 Å². The van der Waals surface area contributed by atoms with Crippen molar-refractivity contribution in [3.8, 4) is 5.75 Å². The molecule has 122 valence electrons. The predicted octanol–water partition coefficient (Wildman–Crippen LogP) is 1.38. The molecule has 0 aliphatic rings. The molecule has 0 aliphatic carbocycles. The Morgan fingerprint density at radius 3 is 2.57 bits per heavy atom. The molecule has 1 aromatic heterocycles. The summed E-state index contributed by atoms with van der Waals surface area (Å²) < 4.78 is 28.7. The van der Waals surface area contributed by atoms with Crippen LogP contribution < -0.4 is 14.8 Å². The third-order valence-electron chi connectivity index (χ3n) is 3.00. The number of aromatic nitrogens is 1. The Labute approximate surface area is 130 Å². The van der Waals surface area contributed by atoms with E-state index in [1.54, 1.807) is 6.07 Å². The number of nitrogens with one attached hydrogen (secondary N) is 1. The SMILES string of the molecule is O=C(NCC(O)c1ccc(OC(F)F)cc1)c1cccc[n+]1[O-]. The van der Waals surface area contributed by atoms with Gasteiger partial charge in [-0.1, -0.05) is 12.1 Å². The fourth-order valence-electron chi connectivity index (χ4n) is 1.87. The minimum Gasteiger partial charge on any atom is -0.618 e. The molecular formula is C15H14F2N2O4. The third-order valence-corrected chi connectivity index (χ3v) is 3.00. The molecule has 0 spiro atoms. The van der Waals surface area contributed by atoms with Gasteiger partial charge in [-0.2, -0.15) is 13.5 Å². The van der Waals surface area contributed by atoms with Crippen molar-refractivity contribution in [2.45, 2.75) is 12.7 Å². The first-order chi connectivity index (χ1) is 11.0. The van der Waals surface area contributed by atoms with Gasteiger partial charge in [0.15, 0.2) is 6.20 Å². The van der Waals surface area contributed by atoms with Crippen molar-refractivity contribution in [1.82, 2.24) is 5.32 Å². The number of aliphatic hydroxyl groups is 1. The van der Waals surface area contributed by atoms with Crippen LogP contribution >= 0.6 is 0 Å². The molecule has 1 amide bonds. The van der Waals surface area contributed by atoms with Crippen LogP contribution in [0.1, 0.15) is 22.2 Å². The highest BCUT2D eigenvalue weighted by Crippen LogP contribution is 2.19. The molecule has 6 nitrogen and oxygen atoms in total. The number of amides is 1. The Bertz CT molecular complexity index is 665. The quantitative estimate of drug-likeness (QED) is 0.621. The van der Waals surface area contributed by atoms with Crippen molar-refractivity contribution in [2.75, 3.05) is 6.54 Å². The van der Waals surface area contributed by atoms with Crippen LogP contribution in [0.25, 0.3) is 0 Å². The zero-order valence-electron chi connectivity index (χ0n) is 11.9. The smallest absolute Gasteiger partial charge is 0.387 e. The standard InChI is InChI=1S/C15H14F2N2O4/c16-15(17)23-11-6-4-10(5-7-11)13(20)9-18-14(21)12-3-1-2-8-19(12)22/h1-8,13,15,20H,9H2,(H,18,21). The molecule has 0 bridgehead atoms. The van der Waals surface area contributed by atoms with Crippen LogP contribution in [-0.2, 0) is 0 Å². The summed E-state index contributed by atoms with van der Waals surface area (Å²) in [4.78, 5) is 11.8. The lowest BCUT2D eigenvalue weighted by molar-refractivity contribution is -0.607. The Balaban J connectivity index is 1.93.